The molecule has 1 aromatic rings. The van der Waals surface area contributed by atoms with E-state index in [4.69, 9.17) is 0 Å². The minimum atomic E-state index is -4.23. The van der Waals surface area contributed by atoms with Crippen molar-refractivity contribution >= 4 is 22.0 Å². The fraction of sp³-hybridized carbons (Fsp3) is 0.571. The largest absolute Gasteiger partial charge is 0.401 e. The highest BCUT2D eigenvalue weighted by atomic mass is 32.2. The Morgan fingerprint density at radius 1 is 1.13 bits per heavy atom. The van der Waals surface area contributed by atoms with E-state index >= 15 is 0 Å². The lowest BCUT2D eigenvalue weighted by molar-refractivity contribution is -0.143. The van der Waals surface area contributed by atoms with E-state index in [1.54, 1.807) is 18.2 Å². The molecule has 0 radical (unpaired) electrons. The Hall–Kier alpha value is -1.91. The summed E-state index contributed by atoms with van der Waals surface area (Å²) < 4.78 is 63.8. The quantitative estimate of drug-likeness (QED) is 0.453. The van der Waals surface area contributed by atoms with E-state index in [1.807, 2.05) is 0 Å². The Labute approximate surface area is 182 Å². The van der Waals surface area contributed by atoms with Crippen molar-refractivity contribution in [3.63, 3.8) is 0 Å². The van der Waals surface area contributed by atoms with Crippen LogP contribution in [0.3, 0.4) is 0 Å². The summed E-state index contributed by atoms with van der Waals surface area (Å²) in [7, 11) is -2.13. The molecule has 1 aromatic carbocycles. The van der Waals surface area contributed by atoms with Crippen LogP contribution in [0.25, 0.3) is 6.08 Å². The number of hydrogen-bond acceptors (Lipinski definition) is 4. The van der Waals surface area contributed by atoms with Crippen LogP contribution in [0.5, 0.6) is 0 Å². The van der Waals surface area contributed by atoms with Crippen LogP contribution >= 0.6 is 0 Å². The molecule has 0 aromatic heterocycles. The summed E-state index contributed by atoms with van der Waals surface area (Å²) >= 11 is 0. The molecule has 1 aliphatic heterocycles. The number of halogens is 3. The fourth-order valence-electron chi connectivity index (χ4n) is 3.36. The number of carbonyl (C=O) groups is 1. The molecule has 0 atom stereocenters. The van der Waals surface area contributed by atoms with Gasteiger partial charge in [0.05, 0.1) is 11.4 Å². The number of benzene rings is 1. The molecule has 0 aliphatic carbocycles. The van der Waals surface area contributed by atoms with E-state index in [0.29, 0.717) is 25.1 Å². The molecule has 1 aliphatic rings. The molecule has 6 nitrogen and oxygen atoms in total. The zero-order chi connectivity index (χ0) is 22.9. The summed E-state index contributed by atoms with van der Waals surface area (Å²) in [6.45, 7) is 0.575. The number of nitrogens with one attached hydrogen (secondary N) is 1. The first-order valence-corrected chi connectivity index (χ1v) is 11.8. The van der Waals surface area contributed by atoms with Crippen LogP contribution in [0.1, 0.15) is 37.7 Å². The van der Waals surface area contributed by atoms with E-state index in [-0.39, 0.29) is 23.9 Å². The highest BCUT2D eigenvalue weighted by Gasteiger charge is 2.28. The van der Waals surface area contributed by atoms with Crippen molar-refractivity contribution in [1.29, 1.82) is 0 Å². The van der Waals surface area contributed by atoms with Crippen molar-refractivity contribution in [2.75, 3.05) is 39.8 Å². The Bertz CT molecular complexity index is 832. The third-order valence-corrected chi connectivity index (χ3v) is 6.89. The molecule has 0 bridgehead atoms. The first kappa shape index (κ1) is 25.4. The number of carbonyl (C=O) groups excluding carboxylic acids is 1. The van der Waals surface area contributed by atoms with Crippen molar-refractivity contribution in [2.24, 2.45) is 0 Å². The Morgan fingerprint density at radius 3 is 2.32 bits per heavy atom. The maximum Gasteiger partial charge on any atom is 0.401 e. The number of amides is 1. The van der Waals surface area contributed by atoms with Gasteiger partial charge in [-0.15, -0.1) is 0 Å². The predicted octanol–water partition coefficient (Wildman–Crippen LogP) is 3.26. The lowest BCUT2D eigenvalue weighted by Crippen LogP contribution is -2.33. The molecular weight excluding hydrogens is 431 g/mol. The normalized spacial score (nSPS) is 16.5. The molecule has 174 valence electrons. The summed E-state index contributed by atoms with van der Waals surface area (Å²) in [6, 6.07) is 6.35. The van der Waals surface area contributed by atoms with Crippen molar-refractivity contribution in [2.45, 2.75) is 43.2 Å². The maximum absolute atomic E-state index is 12.8. The standard InChI is InChI=1S/C21H30F3N3O3S/c1-26(17-21(22,23)24)14-6-13-25-20(28)12-9-18-7-10-19(11-8-18)31(29,30)27-15-4-2-3-5-16-27/h7-12H,2-6,13-17H2,1H3,(H,25,28)/b12-9+. The minimum absolute atomic E-state index is 0.219. The summed E-state index contributed by atoms with van der Waals surface area (Å²) in [5, 5.41) is 2.62. The average Bonchev–Trinajstić information content (AvgIpc) is 2.99. The monoisotopic (exact) mass is 461 g/mol. The van der Waals surface area contributed by atoms with Gasteiger partial charge < -0.3 is 5.32 Å². The lowest BCUT2D eigenvalue weighted by atomic mass is 10.2. The zero-order valence-electron chi connectivity index (χ0n) is 17.7. The summed E-state index contributed by atoms with van der Waals surface area (Å²) in [4.78, 5) is 13.3. The number of rotatable bonds is 9. The van der Waals surface area contributed by atoms with Gasteiger partial charge >= 0.3 is 6.18 Å². The molecule has 31 heavy (non-hydrogen) atoms. The summed E-state index contributed by atoms with van der Waals surface area (Å²) in [5.74, 6) is -0.361. The second-order valence-corrected chi connectivity index (χ2v) is 9.66. The molecular formula is C21H30F3N3O3S. The van der Waals surface area contributed by atoms with Crippen LogP contribution < -0.4 is 5.32 Å². The second-order valence-electron chi connectivity index (χ2n) is 7.72. The zero-order valence-corrected chi connectivity index (χ0v) is 18.5. The molecule has 10 heteroatoms. The van der Waals surface area contributed by atoms with Gasteiger partial charge in [0.2, 0.25) is 15.9 Å². The summed E-state index contributed by atoms with van der Waals surface area (Å²) in [5.41, 5.74) is 0.676. The Morgan fingerprint density at radius 2 is 1.74 bits per heavy atom. The van der Waals surface area contributed by atoms with Gasteiger partial charge in [0.25, 0.3) is 0 Å². The lowest BCUT2D eigenvalue weighted by Gasteiger charge is -2.19. The van der Waals surface area contributed by atoms with Crippen molar-refractivity contribution in [3.05, 3.63) is 35.9 Å². The van der Waals surface area contributed by atoms with Gasteiger partial charge in [0, 0.05) is 25.7 Å². The molecule has 1 amide bonds. The highest BCUT2D eigenvalue weighted by Crippen LogP contribution is 2.21. The fourth-order valence-corrected chi connectivity index (χ4v) is 4.88. The topological polar surface area (TPSA) is 69.7 Å². The SMILES string of the molecule is CN(CCCNC(=O)/C=C/c1ccc(S(=O)(=O)N2CCCCCC2)cc1)CC(F)(F)F. The van der Waals surface area contributed by atoms with Crippen LogP contribution in [0.2, 0.25) is 0 Å². The van der Waals surface area contributed by atoms with Gasteiger partial charge in [0.1, 0.15) is 0 Å². The van der Waals surface area contributed by atoms with Gasteiger partial charge in [-0.05, 0) is 56.6 Å². The van der Waals surface area contributed by atoms with Crippen LogP contribution in [0.4, 0.5) is 13.2 Å². The van der Waals surface area contributed by atoms with E-state index in [1.165, 1.54) is 29.6 Å². The molecule has 1 saturated heterocycles. The molecule has 1 heterocycles. The van der Waals surface area contributed by atoms with Gasteiger partial charge in [-0.3, -0.25) is 9.69 Å². The third kappa shape index (κ3) is 9.00. The van der Waals surface area contributed by atoms with Crippen molar-refractivity contribution in [3.8, 4) is 0 Å². The third-order valence-electron chi connectivity index (χ3n) is 4.98. The van der Waals surface area contributed by atoms with E-state index in [2.05, 4.69) is 5.32 Å². The van der Waals surface area contributed by atoms with Gasteiger partial charge in [-0.25, -0.2) is 8.42 Å². The average molecular weight is 462 g/mol. The van der Waals surface area contributed by atoms with E-state index in [9.17, 15) is 26.4 Å². The Balaban J connectivity index is 1.80. The van der Waals surface area contributed by atoms with Gasteiger partial charge in [-0.2, -0.15) is 17.5 Å². The highest BCUT2D eigenvalue weighted by molar-refractivity contribution is 7.89. The van der Waals surface area contributed by atoms with Gasteiger partial charge in [0.15, 0.2) is 0 Å². The number of hydrogen-bond donors (Lipinski definition) is 1. The van der Waals surface area contributed by atoms with Crippen LogP contribution in [-0.2, 0) is 14.8 Å². The first-order valence-electron chi connectivity index (χ1n) is 10.4. The predicted molar refractivity (Wildman–Crippen MR) is 114 cm³/mol. The van der Waals surface area contributed by atoms with Crippen LogP contribution in [-0.4, -0.2) is 69.5 Å². The smallest absolute Gasteiger partial charge is 0.353 e. The summed E-state index contributed by atoms with van der Waals surface area (Å²) in [6.07, 6.45) is 2.87. The van der Waals surface area contributed by atoms with Gasteiger partial charge in [-0.1, -0.05) is 25.0 Å². The number of sulfonamides is 1. The maximum atomic E-state index is 12.8. The molecule has 1 fully saturated rings. The van der Waals surface area contributed by atoms with E-state index < -0.39 is 22.7 Å². The molecule has 0 unspecified atom stereocenters. The molecule has 0 spiro atoms. The van der Waals surface area contributed by atoms with Crippen LogP contribution in [0.15, 0.2) is 35.2 Å². The number of alkyl halides is 3. The molecule has 2 rings (SSSR count). The van der Waals surface area contributed by atoms with E-state index in [0.717, 1.165) is 30.6 Å². The number of nitrogens with zero attached hydrogens (tertiary/aromatic N) is 2. The van der Waals surface area contributed by atoms with Crippen molar-refractivity contribution < 1.29 is 26.4 Å². The van der Waals surface area contributed by atoms with Crippen molar-refractivity contribution in [1.82, 2.24) is 14.5 Å². The van der Waals surface area contributed by atoms with Crippen LogP contribution in [0, 0.1) is 0 Å². The first-order chi connectivity index (χ1) is 14.6. The Kier molecular flexibility index (Phi) is 9.52. The molecule has 0 saturated carbocycles. The second kappa shape index (κ2) is 11.6. The minimum Gasteiger partial charge on any atom is -0.353 e. The molecule has 1 N–H and O–H groups in total.